The smallest absolute Gasteiger partial charge is 0.387 e. The van der Waals surface area contributed by atoms with Gasteiger partial charge in [0.15, 0.2) is 17.5 Å². The standard InChI is InChI=1S/C23H24F5N3O2/c1-31-12-23(30-22(31)29,15-4-6-17(24)19(11-15)32-9-8-20(25)26)14-5-7-18(33-21(27)28)16(10-14)13-2-3-13/h4-7,10-11,13,20-21H,2-3,8-9,12H2,1H3,(H2,29,30). The van der Waals surface area contributed by atoms with Crippen LogP contribution in [0.15, 0.2) is 41.4 Å². The van der Waals surface area contributed by atoms with Gasteiger partial charge < -0.3 is 20.1 Å². The number of ether oxygens (including phenoxy) is 2. The monoisotopic (exact) mass is 469 g/mol. The highest BCUT2D eigenvalue weighted by molar-refractivity contribution is 5.81. The molecule has 0 radical (unpaired) electrons. The van der Waals surface area contributed by atoms with E-state index in [1.165, 1.54) is 24.3 Å². The average Bonchev–Trinajstić information content (AvgIpc) is 3.54. The lowest BCUT2D eigenvalue weighted by molar-refractivity contribution is -0.0504. The molecule has 1 heterocycles. The second kappa shape index (κ2) is 9.07. The summed E-state index contributed by atoms with van der Waals surface area (Å²) >= 11 is 0. The molecule has 1 atom stereocenters. The highest BCUT2D eigenvalue weighted by Crippen LogP contribution is 2.48. The van der Waals surface area contributed by atoms with E-state index in [0.717, 1.165) is 12.8 Å². The Hall–Kier alpha value is -3.04. The number of alkyl halides is 4. The SMILES string of the molecule is CN1CC(c2ccc(F)c(OCCC(F)F)c2)(c2ccc(OC(F)F)c(C3CC3)c2)N=C1N. The molecule has 1 unspecified atom stereocenters. The molecule has 33 heavy (non-hydrogen) atoms. The van der Waals surface area contributed by atoms with Crippen molar-refractivity contribution in [2.24, 2.45) is 10.7 Å². The second-order valence-corrected chi connectivity index (χ2v) is 8.27. The predicted octanol–water partition coefficient (Wildman–Crippen LogP) is 4.84. The number of hydrogen-bond acceptors (Lipinski definition) is 5. The van der Waals surface area contributed by atoms with Crippen molar-refractivity contribution < 1.29 is 31.4 Å². The summed E-state index contributed by atoms with van der Waals surface area (Å²) in [6.45, 7) is -2.99. The van der Waals surface area contributed by atoms with Crippen LogP contribution in [0.2, 0.25) is 0 Å². The summed E-state index contributed by atoms with van der Waals surface area (Å²) in [5.74, 6) is -0.385. The number of hydrogen-bond donors (Lipinski definition) is 1. The normalized spacial score (nSPS) is 20.5. The lowest BCUT2D eigenvalue weighted by Gasteiger charge is -2.29. The van der Waals surface area contributed by atoms with Crippen molar-refractivity contribution in [3.63, 3.8) is 0 Å². The maximum atomic E-state index is 14.3. The minimum atomic E-state index is -2.95. The Balaban J connectivity index is 1.77. The Morgan fingerprint density at radius 2 is 1.79 bits per heavy atom. The average molecular weight is 469 g/mol. The van der Waals surface area contributed by atoms with Gasteiger partial charge in [-0.3, -0.25) is 0 Å². The first-order chi connectivity index (χ1) is 15.7. The zero-order chi connectivity index (χ0) is 23.8. The van der Waals surface area contributed by atoms with Gasteiger partial charge in [-0.15, -0.1) is 0 Å². The summed E-state index contributed by atoms with van der Waals surface area (Å²) < 4.78 is 75.1. The zero-order valence-electron chi connectivity index (χ0n) is 17.9. The van der Waals surface area contributed by atoms with Gasteiger partial charge in [-0.1, -0.05) is 12.1 Å². The van der Waals surface area contributed by atoms with E-state index in [1.807, 2.05) is 0 Å². The van der Waals surface area contributed by atoms with Crippen LogP contribution in [0.1, 0.15) is 41.9 Å². The third-order valence-corrected chi connectivity index (χ3v) is 5.89. The molecule has 0 aromatic heterocycles. The Morgan fingerprint density at radius 1 is 1.09 bits per heavy atom. The van der Waals surface area contributed by atoms with Crippen LogP contribution in [-0.2, 0) is 5.54 Å². The predicted molar refractivity (Wildman–Crippen MR) is 113 cm³/mol. The molecule has 0 bridgehead atoms. The molecule has 0 saturated heterocycles. The van der Waals surface area contributed by atoms with Gasteiger partial charge in [-0.05, 0) is 59.7 Å². The van der Waals surface area contributed by atoms with Gasteiger partial charge in [0, 0.05) is 13.5 Å². The third-order valence-electron chi connectivity index (χ3n) is 5.89. The summed E-state index contributed by atoms with van der Waals surface area (Å²) in [7, 11) is 1.75. The van der Waals surface area contributed by atoms with E-state index >= 15 is 0 Å². The van der Waals surface area contributed by atoms with Crippen LogP contribution in [0, 0.1) is 5.82 Å². The molecule has 1 fully saturated rings. The van der Waals surface area contributed by atoms with Crippen LogP contribution in [-0.4, -0.2) is 44.1 Å². The first kappa shape index (κ1) is 23.1. The fraction of sp³-hybridized carbons (Fsp3) is 0.435. The lowest BCUT2D eigenvalue weighted by atomic mass is 9.82. The molecular formula is C23H24F5N3O2. The van der Waals surface area contributed by atoms with E-state index < -0.39 is 30.8 Å². The van der Waals surface area contributed by atoms with Crippen molar-refractivity contribution >= 4 is 5.96 Å². The molecule has 2 aromatic carbocycles. The first-order valence-corrected chi connectivity index (χ1v) is 10.6. The number of rotatable bonds is 9. The van der Waals surface area contributed by atoms with E-state index in [4.69, 9.17) is 15.2 Å². The molecule has 1 aliphatic carbocycles. The summed E-state index contributed by atoms with van der Waals surface area (Å²) in [6.07, 6.45) is -1.37. The van der Waals surface area contributed by atoms with E-state index in [-0.39, 0.29) is 30.0 Å². The molecule has 1 aliphatic heterocycles. The molecule has 2 aliphatic rings. The number of halogens is 5. The van der Waals surface area contributed by atoms with E-state index in [1.54, 1.807) is 24.1 Å². The van der Waals surface area contributed by atoms with Gasteiger partial charge in [-0.2, -0.15) is 8.78 Å². The van der Waals surface area contributed by atoms with Gasteiger partial charge >= 0.3 is 6.61 Å². The third kappa shape index (κ3) is 4.84. The quantitative estimate of drug-likeness (QED) is 0.534. The van der Waals surface area contributed by atoms with Gasteiger partial charge in [0.25, 0.3) is 0 Å². The van der Waals surface area contributed by atoms with Crippen LogP contribution in [0.25, 0.3) is 0 Å². The molecule has 10 heteroatoms. The number of aliphatic imine (C=N–C) groups is 1. The minimum Gasteiger partial charge on any atom is -0.490 e. The van der Waals surface area contributed by atoms with Crippen LogP contribution in [0.3, 0.4) is 0 Å². The maximum absolute atomic E-state index is 14.3. The fourth-order valence-corrected chi connectivity index (χ4v) is 4.07. The van der Waals surface area contributed by atoms with Crippen molar-refractivity contribution in [1.82, 2.24) is 4.90 Å². The van der Waals surface area contributed by atoms with Crippen molar-refractivity contribution in [2.75, 3.05) is 20.2 Å². The Labute approximate surface area is 188 Å². The molecule has 0 spiro atoms. The topological polar surface area (TPSA) is 60.1 Å². The Kier molecular flexibility index (Phi) is 6.36. The second-order valence-electron chi connectivity index (χ2n) is 8.27. The number of likely N-dealkylation sites (N-methyl/N-ethyl adjacent to an activating group) is 1. The number of nitrogens with zero attached hydrogens (tertiary/aromatic N) is 2. The molecule has 2 aromatic rings. The van der Waals surface area contributed by atoms with Crippen LogP contribution in [0.5, 0.6) is 11.5 Å². The summed E-state index contributed by atoms with van der Waals surface area (Å²) in [6, 6.07) is 9.06. The highest BCUT2D eigenvalue weighted by atomic mass is 19.3. The lowest BCUT2D eigenvalue weighted by Crippen LogP contribution is -2.35. The maximum Gasteiger partial charge on any atom is 0.387 e. The molecule has 178 valence electrons. The summed E-state index contributed by atoms with van der Waals surface area (Å²) in [5, 5.41) is 0. The highest BCUT2D eigenvalue weighted by Gasteiger charge is 2.42. The summed E-state index contributed by atoms with van der Waals surface area (Å²) in [5.41, 5.74) is 6.87. The largest absolute Gasteiger partial charge is 0.490 e. The van der Waals surface area contributed by atoms with E-state index in [9.17, 15) is 22.0 Å². The van der Waals surface area contributed by atoms with Crippen LogP contribution >= 0.6 is 0 Å². The van der Waals surface area contributed by atoms with Gasteiger partial charge in [0.1, 0.15) is 11.3 Å². The zero-order valence-corrected chi connectivity index (χ0v) is 17.9. The molecule has 2 N–H and O–H groups in total. The Morgan fingerprint density at radius 3 is 2.39 bits per heavy atom. The summed E-state index contributed by atoms with van der Waals surface area (Å²) in [4.78, 5) is 6.39. The van der Waals surface area contributed by atoms with E-state index in [2.05, 4.69) is 4.99 Å². The molecule has 1 saturated carbocycles. The van der Waals surface area contributed by atoms with Crippen LogP contribution < -0.4 is 15.2 Å². The minimum absolute atomic E-state index is 0.109. The molecule has 4 rings (SSSR count). The Bertz CT molecular complexity index is 1040. The number of benzene rings is 2. The number of nitrogens with two attached hydrogens (primary N) is 1. The number of guanidine groups is 1. The molecule has 0 amide bonds. The van der Waals surface area contributed by atoms with Gasteiger partial charge in [-0.25, -0.2) is 18.2 Å². The van der Waals surface area contributed by atoms with Crippen molar-refractivity contribution in [2.45, 2.75) is 43.8 Å². The van der Waals surface area contributed by atoms with Crippen molar-refractivity contribution in [1.29, 1.82) is 0 Å². The van der Waals surface area contributed by atoms with Crippen molar-refractivity contribution in [3.05, 3.63) is 58.9 Å². The molecular weight excluding hydrogens is 445 g/mol. The molecule has 5 nitrogen and oxygen atoms in total. The van der Waals surface area contributed by atoms with Gasteiger partial charge in [0.2, 0.25) is 6.43 Å². The van der Waals surface area contributed by atoms with E-state index in [0.29, 0.717) is 23.2 Å². The van der Waals surface area contributed by atoms with Gasteiger partial charge in [0.05, 0.1) is 13.2 Å². The first-order valence-electron chi connectivity index (χ1n) is 10.6. The van der Waals surface area contributed by atoms with Crippen molar-refractivity contribution in [3.8, 4) is 11.5 Å². The fourth-order valence-electron chi connectivity index (χ4n) is 4.07. The van der Waals surface area contributed by atoms with Crippen LogP contribution in [0.4, 0.5) is 22.0 Å².